The fourth-order valence-corrected chi connectivity index (χ4v) is 2.47. The Balaban J connectivity index is 1.87. The predicted molar refractivity (Wildman–Crippen MR) is 99.3 cm³/mol. The Morgan fingerprint density at radius 1 is 1.22 bits per heavy atom. The minimum atomic E-state index is -0.434. The fraction of sp³-hybridized carbons (Fsp3) is 0.0526. The summed E-state index contributed by atoms with van der Waals surface area (Å²) in [7, 11) is 0. The second-order valence-electron chi connectivity index (χ2n) is 5.53. The van der Waals surface area contributed by atoms with Crippen LogP contribution >= 0.6 is 0 Å². The Hall–Kier alpha value is -3.81. The van der Waals surface area contributed by atoms with Gasteiger partial charge in [0.05, 0.1) is 5.56 Å². The molecule has 0 spiro atoms. The van der Waals surface area contributed by atoms with Crippen molar-refractivity contribution in [2.24, 2.45) is 5.11 Å². The highest BCUT2D eigenvalue weighted by Crippen LogP contribution is 2.20. The Kier molecular flexibility index (Phi) is 5.36. The highest BCUT2D eigenvalue weighted by Gasteiger charge is 2.09. The summed E-state index contributed by atoms with van der Waals surface area (Å²) in [6, 6.07) is 12.3. The van der Waals surface area contributed by atoms with Crippen LogP contribution in [0.15, 0.2) is 64.6 Å². The first-order valence-electron chi connectivity index (χ1n) is 7.94. The molecular weight excluding hydrogens is 351 g/mol. The topological polar surface area (TPSA) is 107 Å². The maximum absolute atomic E-state index is 13.4. The maximum Gasteiger partial charge on any atom is 0.258 e. The Bertz CT molecular complexity index is 1070. The van der Waals surface area contributed by atoms with E-state index in [-0.39, 0.29) is 17.9 Å². The first kappa shape index (κ1) is 18.0. The van der Waals surface area contributed by atoms with E-state index in [1.165, 1.54) is 30.5 Å². The molecule has 1 aromatic heterocycles. The lowest BCUT2D eigenvalue weighted by Gasteiger charge is -2.06. The van der Waals surface area contributed by atoms with Gasteiger partial charge in [-0.3, -0.25) is 9.59 Å². The van der Waals surface area contributed by atoms with E-state index >= 15 is 0 Å². The van der Waals surface area contributed by atoms with Crippen LogP contribution in [0.2, 0.25) is 0 Å². The van der Waals surface area contributed by atoms with Crippen molar-refractivity contribution in [2.45, 2.75) is 0 Å². The number of H-pyrrole nitrogens is 1. The smallest absolute Gasteiger partial charge is 0.258 e. The normalized spacial score (nSPS) is 11.2. The van der Waals surface area contributed by atoms with Crippen molar-refractivity contribution >= 4 is 28.6 Å². The van der Waals surface area contributed by atoms with Gasteiger partial charge < -0.3 is 15.0 Å². The highest BCUT2D eigenvalue weighted by atomic mass is 19.1. The fourth-order valence-electron chi connectivity index (χ4n) is 2.47. The summed E-state index contributed by atoms with van der Waals surface area (Å²) in [5, 5.41) is 6.83. The van der Waals surface area contributed by atoms with Gasteiger partial charge in [0.2, 0.25) is 0 Å². The number of fused-ring (bicyclic) bond motifs is 1. The third-order valence-electron chi connectivity index (χ3n) is 3.75. The number of pyridine rings is 1. The second kappa shape index (κ2) is 8.05. The minimum absolute atomic E-state index is 0.0279. The molecule has 0 aliphatic heterocycles. The summed E-state index contributed by atoms with van der Waals surface area (Å²) in [5.74, 6) is 0.110. The van der Waals surface area contributed by atoms with E-state index in [0.717, 1.165) is 0 Å². The lowest BCUT2D eigenvalue weighted by molar-refractivity contribution is -0.109. The van der Waals surface area contributed by atoms with Crippen molar-refractivity contribution in [3.8, 4) is 5.75 Å². The van der Waals surface area contributed by atoms with Crippen LogP contribution in [0.5, 0.6) is 5.75 Å². The summed E-state index contributed by atoms with van der Waals surface area (Å²) >= 11 is 0. The van der Waals surface area contributed by atoms with Crippen LogP contribution in [-0.2, 0) is 4.79 Å². The lowest BCUT2D eigenvalue weighted by Crippen LogP contribution is -2.11. The number of carbonyl (C=O) groups is 1. The summed E-state index contributed by atoms with van der Waals surface area (Å²) in [5.41, 5.74) is 8.31. The van der Waals surface area contributed by atoms with Gasteiger partial charge in [0.15, 0.2) is 6.29 Å². The minimum Gasteiger partial charge on any atom is -0.486 e. The van der Waals surface area contributed by atoms with E-state index in [2.05, 4.69) is 15.4 Å². The lowest BCUT2D eigenvalue weighted by atomic mass is 10.1. The average Bonchev–Trinajstić information content (AvgIpc) is 2.68. The first-order valence-corrected chi connectivity index (χ1v) is 7.94. The number of ether oxygens (including phenoxy) is 1. The molecule has 0 aliphatic carbocycles. The number of hydrogen-bond donors (Lipinski definition) is 3. The zero-order chi connectivity index (χ0) is 19.2. The molecule has 2 aromatic carbocycles. The predicted octanol–water partition coefficient (Wildman–Crippen LogP) is 3.69. The second-order valence-corrected chi connectivity index (χ2v) is 5.53. The standard InChI is InChI=1S/C19H15FN4O3/c20-13-1-6-17-12(9-13)10-16(19(26)23-17)18(24-21)11-22-14-2-4-15(5-3-14)27-8-7-25/h1-7,9-11,21-22H,8H2,(H,23,26)/b18-11-,24-21?. The number of aromatic nitrogens is 1. The number of aromatic amines is 1. The van der Waals surface area contributed by atoms with Crippen molar-refractivity contribution in [1.29, 1.82) is 5.53 Å². The molecular formula is C19H15FN4O3. The van der Waals surface area contributed by atoms with Crippen LogP contribution in [-0.4, -0.2) is 17.9 Å². The molecule has 0 radical (unpaired) electrons. The van der Waals surface area contributed by atoms with Crippen molar-refractivity contribution in [3.63, 3.8) is 0 Å². The van der Waals surface area contributed by atoms with E-state index in [1.54, 1.807) is 24.3 Å². The van der Waals surface area contributed by atoms with Crippen LogP contribution in [0, 0.1) is 11.3 Å². The molecule has 1 heterocycles. The Labute approximate surface area is 153 Å². The van der Waals surface area contributed by atoms with Gasteiger partial charge in [-0.05, 0) is 48.5 Å². The van der Waals surface area contributed by atoms with Crippen LogP contribution in [0.3, 0.4) is 0 Å². The SMILES string of the molecule is N=N/C(=C\Nc1ccc(OCC=O)cc1)c1cc2cc(F)ccc2[nH]c1=O. The first-order chi connectivity index (χ1) is 13.1. The molecule has 3 rings (SSSR count). The molecule has 27 heavy (non-hydrogen) atoms. The van der Waals surface area contributed by atoms with Crippen LogP contribution < -0.4 is 15.6 Å². The van der Waals surface area contributed by atoms with Gasteiger partial charge >= 0.3 is 0 Å². The highest BCUT2D eigenvalue weighted by molar-refractivity contribution is 5.82. The molecule has 0 fully saturated rings. The number of aldehydes is 1. The molecule has 0 aliphatic rings. The third-order valence-corrected chi connectivity index (χ3v) is 3.75. The van der Waals surface area contributed by atoms with Gasteiger partial charge in [0.25, 0.3) is 5.56 Å². The Morgan fingerprint density at radius 3 is 2.70 bits per heavy atom. The summed E-state index contributed by atoms with van der Waals surface area (Å²) in [6.07, 6.45) is 2.06. The summed E-state index contributed by atoms with van der Waals surface area (Å²) in [6.45, 7) is -0.0279. The molecule has 0 amide bonds. The molecule has 0 saturated heterocycles. The number of halogens is 1. The monoisotopic (exact) mass is 366 g/mol. The zero-order valence-electron chi connectivity index (χ0n) is 14.0. The summed E-state index contributed by atoms with van der Waals surface area (Å²) < 4.78 is 18.6. The van der Waals surface area contributed by atoms with Crippen LogP contribution in [0.25, 0.3) is 16.6 Å². The van der Waals surface area contributed by atoms with Crippen molar-refractivity contribution in [3.05, 3.63) is 76.5 Å². The van der Waals surface area contributed by atoms with Crippen molar-refractivity contribution < 1.29 is 13.9 Å². The Morgan fingerprint density at radius 2 is 2.00 bits per heavy atom. The number of rotatable bonds is 7. The molecule has 0 atom stereocenters. The van der Waals surface area contributed by atoms with Crippen molar-refractivity contribution in [2.75, 3.05) is 11.9 Å². The molecule has 0 bridgehead atoms. The van der Waals surface area contributed by atoms with Crippen molar-refractivity contribution in [1.82, 2.24) is 4.98 Å². The molecule has 7 nitrogen and oxygen atoms in total. The van der Waals surface area contributed by atoms with E-state index in [0.29, 0.717) is 28.6 Å². The molecule has 3 aromatic rings. The number of carbonyl (C=O) groups excluding carboxylic acids is 1. The quantitative estimate of drug-likeness (QED) is 0.438. The van der Waals surface area contributed by atoms with Crippen LogP contribution in [0.1, 0.15) is 5.56 Å². The number of nitrogens with one attached hydrogen (secondary N) is 3. The van der Waals surface area contributed by atoms with E-state index in [4.69, 9.17) is 10.3 Å². The summed E-state index contributed by atoms with van der Waals surface area (Å²) in [4.78, 5) is 25.2. The van der Waals surface area contributed by atoms with Gasteiger partial charge in [-0.25, -0.2) is 9.92 Å². The number of nitrogens with zero attached hydrogens (tertiary/aromatic N) is 1. The third kappa shape index (κ3) is 4.24. The maximum atomic E-state index is 13.4. The van der Waals surface area contributed by atoms with E-state index in [9.17, 15) is 14.0 Å². The van der Waals surface area contributed by atoms with Gasteiger partial charge in [0, 0.05) is 22.8 Å². The van der Waals surface area contributed by atoms with E-state index < -0.39 is 11.4 Å². The average molecular weight is 366 g/mol. The van der Waals surface area contributed by atoms with Gasteiger partial charge in [-0.15, -0.1) is 0 Å². The number of anilines is 1. The molecule has 0 saturated carbocycles. The molecule has 0 unspecified atom stereocenters. The van der Waals surface area contributed by atoms with Gasteiger partial charge in [-0.2, -0.15) is 5.11 Å². The molecule has 3 N–H and O–H groups in total. The number of benzene rings is 2. The van der Waals surface area contributed by atoms with Gasteiger partial charge in [0.1, 0.15) is 23.9 Å². The van der Waals surface area contributed by atoms with E-state index in [1.807, 2.05) is 0 Å². The number of hydrogen-bond acceptors (Lipinski definition) is 6. The molecule has 136 valence electrons. The zero-order valence-corrected chi connectivity index (χ0v) is 14.0. The largest absolute Gasteiger partial charge is 0.486 e. The molecule has 8 heteroatoms. The van der Waals surface area contributed by atoms with Crippen LogP contribution in [0.4, 0.5) is 10.1 Å². The van der Waals surface area contributed by atoms with Gasteiger partial charge in [-0.1, -0.05) is 0 Å².